The van der Waals surface area contributed by atoms with Gasteiger partial charge in [-0.3, -0.25) is 0 Å². The molecule has 0 aliphatic rings. The van der Waals surface area contributed by atoms with Crippen LogP contribution in [0, 0.1) is 13.8 Å². The summed E-state index contributed by atoms with van der Waals surface area (Å²) in [4.78, 5) is 0. The van der Waals surface area contributed by atoms with Gasteiger partial charge in [-0.25, -0.2) is 0 Å². The smallest absolute Gasteiger partial charge is 0.00177 e. The Hall–Kier alpha value is -3.90. The molecule has 0 fully saturated rings. The van der Waals surface area contributed by atoms with Crippen molar-refractivity contribution in [3.8, 4) is 44.5 Å². The largest absolute Gasteiger partial charge is 0.0622 e. The van der Waals surface area contributed by atoms with Crippen LogP contribution in [0.15, 0.2) is 121 Å². The summed E-state index contributed by atoms with van der Waals surface area (Å²) in [5, 5.41) is 0. The second kappa shape index (κ2) is 8.69. The van der Waals surface area contributed by atoms with Crippen molar-refractivity contribution >= 4 is 0 Å². The zero-order valence-electron chi connectivity index (χ0n) is 18.5. The van der Waals surface area contributed by atoms with Gasteiger partial charge in [-0.1, -0.05) is 121 Å². The molecule has 5 aromatic carbocycles. The number of rotatable bonds is 4. The van der Waals surface area contributed by atoms with Gasteiger partial charge in [-0.15, -0.1) is 0 Å². The molecule has 0 amide bonds. The first-order chi connectivity index (χ1) is 15.8. The first kappa shape index (κ1) is 20.0. The Morgan fingerprint density at radius 2 is 0.500 bits per heavy atom. The first-order valence-electron chi connectivity index (χ1n) is 11.1. The summed E-state index contributed by atoms with van der Waals surface area (Å²) < 4.78 is 0. The maximum absolute atomic E-state index is 2.27. The molecule has 0 radical (unpaired) electrons. The molecule has 5 aromatic rings. The molecule has 0 N–H and O–H groups in total. The van der Waals surface area contributed by atoms with E-state index in [1.807, 2.05) is 0 Å². The van der Waals surface area contributed by atoms with E-state index in [0.717, 1.165) is 0 Å². The summed E-state index contributed by atoms with van der Waals surface area (Å²) in [5.74, 6) is 0. The van der Waals surface area contributed by atoms with Crippen LogP contribution in [-0.4, -0.2) is 0 Å². The molecule has 0 heteroatoms. The molecule has 0 aliphatic heterocycles. The lowest BCUT2D eigenvalue weighted by Crippen LogP contribution is -2.01. The topological polar surface area (TPSA) is 0 Å². The van der Waals surface area contributed by atoms with Crippen LogP contribution in [0.5, 0.6) is 0 Å². The van der Waals surface area contributed by atoms with Gasteiger partial charge in [0.2, 0.25) is 0 Å². The maximum Gasteiger partial charge on any atom is -0.00177 e. The Morgan fingerprint density at radius 1 is 0.281 bits per heavy atom. The van der Waals surface area contributed by atoms with Gasteiger partial charge in [0, 0.05) is 0 Å². The molecule has 0 aliphatic carbocycles. The average molecular weight is 411 g/mol. The molecule has 32 heavy (non-hydrogen) atoms. The number of hydrogen-bond acceptors (Lipinski definition) is 0. The highest BCUT2D eigenvalue weighted by Gasteiger charge is 2.23. The van der Waals surface area contributed by atoms with E-state index in [4.69, 9.17) is 0 Å². The summed E-state index contributed by atoms with van der Waals surface area (Å²) in [5.41, 5.74) is 12.9. The highest BCUT2D eigenvalue weighted by molar-refractivity contribution is 6.04. The van der Waals surface area contributed by atoms with Crippen LogP contribution in [-0.2, 0) is 0 Å². The van der Waals surface area contributed by atoms with E-state index in [9.17, 15) is 0 Å². The lowest BCUT2D eigenvalue weighted by molar-refractivity contribution is 1.34. The van der Waals surface area contributed by atoms with Gasteiger partial charge in [0.05, 0.1) is 0 Å². The minimum Gasteiger partial charge on any atom is -0.0622 e. The second-order valence-corrected chi connectivity index (χ2v) is 8.21. The second-order valence-electron chi connectivity index (χ2n) is 8.21. The summed E-state index contributed by atoms with van der Waals surface area (Å²) >= 11 is 0. The summed E-state index contributed by atoms with van der Waals surface area (Å²) in [6.45, 7) is 4.54. The van der Waals surface area contributed by atoms with E-state index in [-0.39, 0.29) is 0 Å². The zero-order chi connectivity index (χ0) is 21.9. The predicted molar refractivity (Wildman–Crippen MR) is 138 cm³/mol. The van der Waals surface area contributed by atoms with Crippen molar-refractivity contribution in [2.75, 3.05) is 0 Å². The van der Waals surface area contributed by atoms with Gasteiger partial charge < -0.3 is 0 Å². The van der Waals surface area contributed by atoms with Crippen molar-refractivity contribution in [2.45, 2.75) is 13.8 Å². The Morgan fingerprint density at radius 3 is 0.750 bits per heavy atom. The van der Waals surface area contributed by atoms with Crippen molar-refractivity contribution in [3.05, 3.63) is 132 Å². The van der Waals surface area contributed by atoms with Gasteiger partial charge in [-0.2, -0.15) is 0 Å². The van der Waals surface area contributed by atoms with Crippen molar-refractivity contribution in [1.82, 2.24) is 0 Å². The van der Waals surface area contributed by atoms with Gasteiger partial charge in [0.25, 0.3) is 0 Å². The molecule has 5 rings (SSSR count). The molecule has 0 aromatic heterocycles. The van der Waals surface area contributed by atoms with Crippen molar-refractivity contribution in [3.63, 3.8) is 0 Å². The molecule has 0 saturated heterocycles. The van der Waals surface area contributed by atoms with Gasteiger partial charge in [0.1, 0.15) is 0 Å². The maximum atomic E-state index is 2.27. The molecule has 0 unspecified atom stereocenters. The molecule has 0 atom stereocenters. The van der Waals surface area contributed by atoms with Crippen LogP contribution in [0.4, 0.5) is 0 Å². The van der Waals surface area contributed by atoms with Crippen molar-refractivity contribution in [1.29, 1.82) is 0 Å². The monoisotopic (exact) mass is 410 g/mol. The highest BCUT2D eigenvalue weighted by atomic mass is 14.3. The van der Waals surface area contributed by atoms with Gasteiger partial charge >= 0.3 is 0 Å². The summed E-state index contributed by atoms with van der Waals surface area (Å²) in [6.07, 6.45) is 0. The van der Waals surface area contributed by atoms with Crippen molar-refractivity contribution < 1.29 is 0 Å². The number of hydrogen-bond donors (Lipinski definition) is 0. The molecular formula is C32H26. The molecular weight excluding hydrogens is 384 g/mol. The Kier molecular flexibility index (Phi) is 5.44. The standard InChI is InChI=1S/C32H26/c1-23-24(2)30(26-17-9-4-10-18-26)32(28-21-13-6-14-22-28)31(27-19-11-5-12-20-27)29(23)25-15-7-3-8-16-25/h3-22H,1-2H3. The quantitative estimate of drug-likeness (QED) is 0.277. The third kappa shape index (κ3) is 3.55. The minimum atomic E-state index is 1.24. The van der Waals surface area contributed by atoms with E-state index >= 15 is 0 Å². The van der Waals surface area contributed by atoms with E-state index < -0.39 is 0 Å². The van der Waals surface area contributed by atoms with E-state index in [0.29, 0.717) is 0 Å². The normalized spacial score (nSPS) is 10.8. The molecule has 154 valence electrons. The van der Waals surface area contributed by atoms with Crippen LogP contribution >= 0.6 is 0 Å². The summed E-state index contributed by atoms with van der Waals surface area (Å²) in [7, 11) is 0. The average Bonchev–Trinajstić information content (AvgIpc) is 2.87. The van der Waals surface area contributed by atoms with Crippen LogP contribution in [0.2, 0.25) is 0 Å². The Balaban J connectivity index is 2.00. The van der Waals surface area contributed by atoms with E-state index in [1.165, 1.54) is 55.6 Å². The molecule has 0 bridgehead atoms. The fraction of sp³-hybridized carbons (Fsp3) is 0.0625. The molecule has 0 spiro atoms. The van der Waals surface area contributed by atoms with Crippen LogP contribution in [0.1, 0.15) is 11.1 Å². The SMILES string of the molecule is Cc1c(C)c(-c2ccccc2)c(-c2ccccc2)c(-c2ccccc2)c1-c1ccccc1. The zero-order valence-corrected chi connectivity index (χ0v) is 18.5. The molecule has 0 nitrogen and oxygen atoms in total. The van der Waals surface area contributed by atoms with Crippen LogP contribution in [0.3, 0.4) is 0 Å². The summed E-state index contributed by atoms with van der Waals surface area (Å²) in [6, 6.07) is 43.3. The van der Waals surface area contributed by atoms with Crippen LogP contribution < -0.4 is 0 Å². The van der Waals surface area contributed by atoms with E-state index in [1.54, 1.807) is 0 Å². The Bertz CT molecular complexity index is 1230. The molecule has 0 saturated carbocycles. The Labute approximate surface area is 190 Å². The van der Waals surface area contributed by atoms with Gasteiger partial charge in [0.15, 0.2) is 0 Å². The lowest BCUT2D eigenvalue weighted by atomic mass is 9.78. The number of benzene rings is 5. The lowest BCUT2D eigenvalue weighted by Gasteiger charge is -2.25. The fourth-order valence-electron chi connectivity index (χ4n) is 4.72. The van der Waals surface area contributed by atoms with Gasteiger partial charge in [-0.05, 0) is 69.5 Å². The van der Waals surface area contributed by atoms with Crippen LogP contribution in [0.25, 0.3) is 44.5 Å². The van der Waals surface area contributed by atoms with Crippen molar-refractivity contribution in [2.24, 2.45) is 0 Å². The molecule has 0 heterocycles. The highest BCUT2D eigenvalue weighted by Crippen LogP contribution is 2.49. The van der Waals surface area contributed by atoms with E-state index in [2.05, 4.69) is 135 Å². The minimum absolute atomic E-state index is 1.24. The third-order valence-corrected chi connectivity index (χ3v) is 6.31. The first-order valence-corrected chi connectivity index (χ1v) is 11.1. The fourth-order valence-corrected chi connectivity index (χ4v) is 4.72. The third-order valence-electron chi connectivity index (χ3n) is 6.31. The predicted octanol–water partition coefficient (Wildman–Crippen LogP) is 8.97.